The molecule has 0 saturated carbocycles. The maximum atomic E-state index is 12.8. The number of aliphatic carboxylic acids is 1. The zero-order valence-electron chi connectivity index (χ0n) is 23.0. The van der Waals surface area contributed by atoms with Crippen molar-refractivity contribution in [1.29, 1.82) is 0 Å². The van der Waals surface area contributed by atoms with Crippen molar-refractivity contribution in [3.63, 3.8) is 0 Å². The molecule has 0 radical (unpaired) electrons. The van der Waals surface area contributed by atoms with Gasteiger partial charge in [0.25, 0.3) is 0 Å². The lowest BCUT2D eigenvalue weighted by Crippen LogP contribution is -2.59. The fraction of sp³-hybridized carbons (Fsp3) is 0.630. The Labute approximate surface area is 225 Å². The molecule has 1 aromatic carbocycles. The van der Waals surface area contributed by atoms with Gasteiger partial charge in [-0.25, -0.2) is 14.4 Å². The van der Waals surface area contributed by atoms with Crippen LogP contribution >= 0.6 is 0 Å². The number of carbonyl (C=O) groups excluding carboxylic acids is 3. The van der Waals surface area contributed by atoms with Crippen molar-refractivity contribution in [3.8, 4) is 0 Å². The maximum absolute atomic E-state index is 12.8. The first kappa shape index (κ1) is 30.9. The number of nitrogens with zero attached hydrogens (tertiary/aromatic N) is 2. The lowest BCUT2D eigenvalue weighted by Gasteiger charge is -2.36. The second-order valence-electron chi connectivity index (χ2n) is 10.4. The summed E-state index contributed by atoms with van der Waals surface area (Å²) in [5.74, 6) is -1.11. The summed E-state index contributed by atoms with van der Waals surface area (Å²) in [6.45, 7) is 10.3. The van der Waals surface area contributed by atoms with E-state index in [9.17, 15) is 19.2 Å². The average Bonchev–Trinajstić information content (AvgIpc) is 2.86. The molecule has 11 nitrogen and oxygen atoms in total. The number of nitrogens with two attached hydrogens (primary N) is 1. The van der Waals surface area contributed by atoms with Crippen molar-refractivity contribution in [2.24, 2.45) is 17.6 Å². The molecule has 3 atom stereocenters. The molecular formula is C27H44N6O5. The van der Waals surface area contributed by atoms with Crippen molar-refractivity contribution in [2.45, 2.75) is 65.1 Å². The van der Waals surface area contributed by atoms with Gasteiger partial charge < -0.3 is 36.6 Å². The Morgan fingerprint density at radius 3 is 1.84 bits per heavy atom. The summed E-state index contributed by atoms with van der Waals surface area (Å²) in [4.78, 5) is 50.3. The summed E-state index contributed by atoms with van der Waals surface area (Å²) >= 11 is 0. The van der Waals surface area contributed by atoms with Crippen molar-refractivity contribution in [3.05, 3.63) is 35.9 Å². The summed E-state index contributed by atoms with van der Waals surface area (Å²) in [7, 11) is 0. The van der Waals surface area contributed by atoms with E-state index in [1.165, 1.54) is 4.90 Å². The fourth-order valence-electron chi connectivity index (χ4n) is 4.79. The predicted molar refractivity (Wildman–Crippen MR) is 145 cm³/mol. The Kier molecular flexibility index (Phi) is 12.3. The van der Waals surface area contributed by atoms with Crippen LogP contribution in [0.15, 0.2) is 30.3 Å². The highest BCUT2D eigenvalue weighted by Crippen LogP contribution is 2.16. The van der Waals surface area contributed by atoms with Gasteiger partial charge in [-0.15, -0.1) is 0 Å². The number of amides is 5. The lowest BCUT2D eigenvalue weighted by atomic mass is 9.99. The summed E-state index contributed by atoms with van der Waals surface area (Å²) in [5, 5.41) is 17.5. The van der Waals surface area contributed by atoms with Gasteiger partial charge in [0.05, 0.1) is 0 Å². The average molecular weight is 533 g/mol. The topological polar surface area (TPSA) is 157 Å². The lowest BCUT2D eigenvalue weighted by molar-refractivity contribution is -0.144. The molecule has 2 fully saturated rings. The normalized spacial score (nSPS) is 18.1. The van der Waals surface area contributed by atoms with Gasteiger partial charge in [-0.1, -0.05) is 58.0 Å². The Morgan fingerprint density at radius 1 is 0.921 bits per heavy atom. The van der Waals surface area contributed by atoms with E-state index in [2.05, 4.69) is 16.0 Å². The number of hydrogen-bond acceptors (Lipinski definition) is 5. The Morgan fingerprint density at radius 2 is 1.42 bits per heavy atom. The third-order valence-electron chi connectivity index (χ3n) is 6.64. The van der Waals surface area contributed by atoms with Crippen LogP contribution in [0.25, 0.3) is 0 Å². The molecule has 1 aromatic rings. The first-order valence-electron chi connectivity index (χ1n) is 13.4. The highest BCUT2D eigenvalue weighted by molar-refractivity contribution is 5.88. The van der Waals surface area contributed by atoms with Crippen LogP contribution in [0.4, 0.5) is 9.59 Å². The van der Waals surface area contributed by atoms with Gasteiger partial charge in [0.2, 0.25) is 5.91 Å². The van der Waals surface area contributed by atoms with Crippen molar-refractivity contribution in [2.75, 3.05) is 32.7 Å². The Balaban J connectivity index is 0.000000308. The molecule has 3 unspecified atom stereocenters. The number of nitrogens with one attached hydrogen (secondary N) is 3. The number of carbonyl (C=O) groups is 4. The Bertz CT molecular complexity index is 926. The van der Waals surface area contributed by atoms with E-state index in [0.29, 0.717) is 39.1 Å². The molecule has 0 spiro atoms. The minimum absolute atomic E-state index is 0.0315. The molecule has 6 N–H and O–H groups in total. The zero-order valence-corrected chi connectivity index (χ0v) is 23.0. The second kappa shape index (κ2) is 15.2. The van der Waals surface area contributed by atoms with Crippen LogP contribution in [0.1, 0.15) is 46.1 Å². The molecule has 0 bridgehead atoms. The summed E-state index contributed by atoms with van der Waals surface area (Å²) in [6.07, 6.45) is 2.34. The number of benzene rings is 1. The molecular weight excluding hydrogens is 488 g/mol. The Hall–Kier alpha value is -3.34. The van der Waals surface area contributed by atoms with Crippen LogP contribution in [0.2, 0.25) is 0 Å². The monoisotopic (exact) mass is 532 g/mol. The van der Waals surface area contributed by atoms with E-state index in [0.717, 1.165) is 18.4 Å². The highest BCUT2D eigenvalue weighted by atomic mass is 16.4. The van der Waals surface area contributed by atoms with Crippen molar-refractivity contribution < 1.29 is 24.3 Å². The van der Waals surface area contributed by atoms with Crippen LogP contribution in [0, 0.1) is 11.8 Å². The van der Waals surface area contributed by atoms with Crippen molar-refractivity contribution in [1.82, 2.24) is 25.8 Å². The minimum Gasteiger partial charge on any atom is -0.480 e. The van der Waals surface area contributed by atoms with E-state index in [4.69, 9.17) is 10.8 Å². The third kappa shape index (κ3) is 8.90. The number of carboxylic acids is 1. The van der Waals surface area contributed by atoms with Gasteiger partial charge in [-0.3, -0.25) is 4.79 Å². The maximum Gasteiger partial charge on any atom is 0.326 e. The molecule has 0 aromatic heterocycles. The van der Waals surface area contributed by atoms with Gasteiger partial charge in [-0.05, 0) is 36.7 Å². The minimum atomic E-state index is -0.933. The molecule has 2 heterocycles. The summed E-state index contributed by atoms with van der Waals surface area (Å²) in [6, 6.07) is 8.18. The van der Waals surface area contributed by atoms with E-state index in [1.54, 1.807) is 18.7 Å². The van der Waals surface area contributed by atoms with E-state index in [-0.39, 0.29) is 35.8 Å². The van der Waals surface area contributed by atoms with E-state index >= 15 is 0 Å². The van der Waals surface area contributed by atoms with Crippen LogP contribution < -0.4 is 21.7 Å². The molecule has 3 rings (SSSR count). The molecule has 0 aliphatic carbocycles. The SMILES string of the molecule is CC(C)C(C(=O)NC(CN)Cc1ccccc1)N1CCCNC1=O.CC(C)C(C(=O)O)N1CCCNC1=O. The highest BCUT2D eigenvalue weighted by Gasteiger charge is 2.35. The molecule has 38 heavy (non-hydrogen) atoms. The molecule has 11 heteroatoms. The zero-order chi connectivity index (χ0) is 28.2. The summed E-state index contributed by atoms with van der Waals surface area (Å²) in [5.41, 5.74) is 6.97. The van der Waals surface area contributed by atoms with Gasteiger partial charge in [0.1, 0.15) is 12.1 Å². The van der Waals surface area contributed by atoms with Crippen LogP contribution in [0.3, 0.4) is 0 Å². The molecule has 2 saturated heterocycles. The first-order chi connectivity index (χ1) is 18.1. The number of hydrogen-bond donors (Lipinski definition) is 5. The van der Waals surface area contributed by atoms with Gasteiger partial charge >= 0.3 is 18.0 Å². The standard InChI is InChI=1S/C18H28N4O2.C9H16N2O3/c1-13(2)16(22-10-6-9-20-18(22)24)17(23)21-15(12-19)11-14-7-4-3-5-8-14;1-6(2)7(8(12)13)11-5-3-4-10-9(11)14/h3-5,7-8,13,15-16H,6,9-12,19H2,1-2H3,(H,20,24)(H,21,23);6-7H,3-5H2,1-2H3,(H,10,14)(H,12,13). The molecule has 2 aliphatic rings. The molecule has 5 amide bonds. The van der Waals surface area contributed by atoms with Crippen molar-refractivity contribution >= 4 is 23.9 Å². The summed E-state index contributed by atoms with van der Waals surface area (Å²) < 4.78 is 0. The predicted octanol–water partition coefficient (Wildman–Crippen LogP) is 1.62. The van der Waals surface area contributed by atoms with Gasteiger partial charge in [0.15, 0.2) is 0 Å². The van der Waals surface area contributed by atoms with Crippen LogP contribution in [-0.2, 0) is 16.0 Å². The largest absolute Gasteiger partial charge is 0.480 e. The molecule has 212 valence electrons. The number of urea groups is 2. The molecule has 2 aliphatic heterocycles. The van der Waals surface area contributed by atoms with Crippen LogP contribution in [0.5, 0.6) is 0 Å². The van der Waals surface area contributed by atoms with E-state index in [1.807, 2.05) is 44.2 Å². The third-order valence-corrected chi connectivity index (χ3v) is 6.64. The second-order valence-corrected chi connectivity index (χ2v) is 10.4. The number of rotatable bonds is 10. The van der Waals surface area contributed by atoms with Crippen LogP contribution in [-0.4, -0.2) is 89.7 Å². The quantitative estimate of drug-likeness (QED) is 0.308. The number of carboxylic acid groups (broad SMARTS) is 1. The smallest absolute Gasteiger partial charge is 0.326 e. The van der Waals surface area contributed by atoms with Gasteiger partial charge in [0, 0.05) is 38.8 Å². The first-order valence-corrected chi connectivity index (χ1v) is 13.4. The van der Waals surface area contributed by atoms with E-state index < -0.39 is 18.1 Å². The fourth-order valence-corrected chi connectivity index (χ4v) is 4.79. The van der Waals surface area contributed by atoms with Gasteiger partial charge in [-0.2, -0.15) is 0 Å².